The maximum absolute atomic E-state index is 13.5. The highest BCUT2D eigenvalue weighted by Gasteiger charge is 2.16. The van der Waals surface area contributed by atoms with Crippen LogP contribution in [0, 0.1) is 5.82 Å². The van der Waals surface area contributed by atoms with E-state index in [-0.39, 0.29) is 17.4 Å². The van der Waals surface area contributed by atoms with E-state index < -0.39 is 11.7 Å². The number of phenolic OH excluding ortho intramolecular Hbond substituents is 1. The van der Waals surface area contributed by atoms with Gasteiger partial charge in [-0.3, -0.25) is 4.79 Å². The summed E-state index contributed by atoms with van der Waals surface area (Å²) >= 11 is 1.42. The molecule has 4 nitrogen and oxygen atoms in total. The molecule has 1 aromatic carbocycles. The monoisotopic (exact) mass is 266 g/mol. The van der Waals surface area contributed by atoms with Crippen molar-refractivity contribution in [3.8, 4) is 5.75 Å². The van der Waals surface area contributed by atoms with Crippen LogP contribution in [0.25, 0.3) is 0 Å². The number of carbonyl (C=O) groups is 1. The lowest BCUT2D eigenvalue weighted by Gasteiger charge is -2.11. The maximum Gasteiger partial charge on any atom is 0.254 e. The fraction of sp³-hybridized carbons (Fsp3) is 0.167. The number of benzene rings is 1. The highest BCUT2D eigenvalue weighted by atomic mass is 32.1. The van der Waals surface area contributed by atoms with Gasteiger partial charge in [0.05, 0.1) is 11.6 Å². The van der Waals surface area contributed by atoms with Crippen molar-refractivity contribution in [2.24, 2.45) is 0 Å². The van der Waals surface area contributed by atoms with Crippen LogP contribution in [0.4, 0.5) is 4.39 Å². The van der Waals surface area contributed by atoms with Gasteiger partial charge < -0.3 is 10.4 Å². The second-order valence-electron chi connectivity index (χ2n) is 3.73. The summed E-state index contributed by atoms with van der Waals surface area (Å²) in [4.78, 5) is 15.9. The zero-order valence-electron chi connectivity index (χ0n) is 9.55. The Morgan fingerprint density at radius 3 is 2.94 bits per heavy atom. The number of rotatable bonds is 3. The number of hydrogen-bond donors (Lipinski definition) is 2. The molecule has 0 fully saturated rings. The van der Waals surface area contributed by atoms with Crippen molar-refractivity contribution in [2.45, 2.75) is 13.0 Å². The zero-order valence-corrected chi connectivity index (χ0v) is 10.4. The van der Waals surface area contributed by atoms with E-state index in [1.807, 2.05) is 0 Å². The Kier molecular flexibility index (Phi) is 3.57. The fourth-order valence-electron chi connectivity index (χ4n) is 1.47. The minimum Gasteiger partial charge on any atom is -0.508 e. The Hall–Kier alpha value is -1.95. The van der Waals surface area contributed by atoms with Crippen molar-refractivity contribution in [1.82, 2.24) is 10.3 Å². The van der Waals surface area contributed by atoms with Crippen LogP contribution in [0.1, 0.15) is 28.3 Å². The molecule has 1 atom stereocenters. The zero-order chi connectivity index (χ0) is 13.1. The van der Waals surface area contributed by atoms with Gasteiger partial charge in [-0.15, -0.1) is 11.3 Å². The fourth-order valence-corrected chi connectivity index (χ4v) is 2.12. The Labute approximate surface area is 107 Å². The highest BCUT2D eigenvalue weighted by molar-refractivity contribution is 7.09. The Bertz CT molecular complexity index is 557. The molecule has 1 amide bonds. The first-order valence-electron chi connectivity index (χ1n) is 5.26. The number of nitrogens with one attached hydrogen (secondary N) is 1. The predicted octanol–water partition coefficient (Wildman–Crippen LogP) is 2.48. The van der Waals surface area contributed by atoms with Crippen LogP contribution in [-0.2, 0) is 0 Å². The minimum atomic E-state index is -0.751. The van der Waals surface area contributed by atoms with Crippen LogP contribution in [-0.4, -0.2) is 16.0 Å². The van der Waals surface area contributed by atoms with Crippen LogP contribution >= 0.6 is 11.3 Å². The molecule has 6 heteroatoms. The van der Waals surface area contributed by atoms with Gasteiger partial charge in [0.15, 0.2) is 0 Å². The summed E-state index contributed by atoms with van der Waals surface area (Å²) in [5.74, 6) is -1.49. The van der Waals surface area contributed by atoms with Crippen molar-refractivity contribution in [1.29, 1.82) is 0 Å². The van der Waals surface area contributed by atoms with E-state index in [2.05, 4.69) is 10.3 Å². The van der Waals surface area contributed by atoms with Crippen molar-refractivity contribution < 1.29 is 14.3 Å². The van der Waals surface area contributed by atoms with Gasteiger partial charge in [0.1, 0.15) is 16.6 Å². The molecule has 0 aliphatic heterocycles. The molecule has 0 aliphatic rings. The second-order valence-corrected chi connectivity index (χ2v) is 4.66. The molecule has 2 N–H and O–H groups in total. The lowest BCUT2D eigenvalue weighted by molar-refractivity contribution is 0.0935. The van der Waals surface area contributed by atoms with Gasteiger partial charge in [0.2, 0.25) is 0 Å². The van der Waals surface area contributed by atoms with Crippen LogP contribution in [0.15, 0.2) is 29.8 Å². The van der Waals surface area contributed by atoms with E-state index in [9.17, 15) is 9.18 Å². The maximum atomic E-state index is 13.5. The third-order valence-corrected chi connectivity index (χ3v) is 3.32. The summed E-state index contributed by atoms with van der Waals surface area (Å²) in [7, 11) is 0. The average molecular weight is 266 g/mol. The van der Waals surface area contributed by atoms with Crippen LogP contribution in [0.3, 0.4) is 0 Å². The van der Waals surface area contributed by atoms with Gasteiger partial charge in [-0.25, -0.2) is 9.37 Å². The number of hydrogen-bond acceptors (Lipinski definition) is 4. The number of amides is 1. The van der Waals surface area contributed by atoms with E-state index in [1.165, 1.54) is 23.5 Å². The van der Waals surface area contributed by atoms with E-state index >= 15 is 0 Å². The van der Waals surface area contributed by atoms with Gasteiger partial charge in [0.25, 0.3) is 5.91 Å². The SMILES string of the molecule is CC(NC(=O)c1ccc(O)cc1F)c1nccs1. The molecule has 0 bridgehead atoms. The largest absolute Gasteiger partial charge is 0.508 e. The molecular weight excluding hydrogens is 255 g/mol. The van der Waals surface area contributed by atoms with Gasteiger partial charge in [0, 0.05) is 17.6 Å². The van der Waals surface area contributed by atoms with Crippen molar-refractivity contribution in [3.63, 3.8) is 0 Å². The average Bonchev–Trinajstić information content (AvgIpc) is 2.81. The topological polar surface area (TPSA) is 62.2 Å². The summed E-state index contributed by atoms with van der Waals surface area (Å²) in [5.41, 5.74) is -0.101. The van der Waals surface area contributed by atoms with E-state index in [1.54, 1.807) is 18.5 Å². The summed E-state index contributed by atoms with van der Waals surface area (Å²) < 4.78 is 13.5. The Balaban J connectivity index is 2.12. The first-order valence-corrected chi connectivity index (χ1v) is 6.14. The van der Waals surface area contributed by atoms with E-state index in [0.717, 1.165) is 11.1 Å². The molecule has 1 aromatic heterocycles. The third-order valence-electron chi connectivity index (χ3n) is 2.37. The molecule has 0 aliphatic carbocycles. The molecule has 0 radical (unpaired) electrons. The number of halogens is 1. The second kappa shape index (κ2) is 5.14. The summed E-state index contributed by atoms with van der Waals surface area (Å²) in [6.45, 7) is 1.77. The number of carbonyl (C=O) groups excluding carboxylic acids is 1. The van der Waals surface area contributed by atoms with Crippen LogP contribution in [0.5, 0.6) is 5.75 Å². The van der Waals surface area contributed by atoms with Crippen molar-refractivity contribution in [3.05, 3.63) is 46.2 Å². The highest BCUT2D eigenvalue weighted by Crippen LogP contribution is 2.18. The Morgan fingerprint density at radius 2 is 2.33 bits per heavy atom. The lowest BCUT2D eigenvalue weighted by atomic mass is 10.2. The minimum absolute atomic E-state index is 0.101. The lowest BCUT2D eigenvalue weighted by Crippen LogP contribution is -2.27. The smallest absolute Gasteiger partial charge is 0.254 e. The molecule has 2 rings (SSSR count). The number of aromatic hydroxyl groups is 1. The first-order chi connectivity index (χ1) is 8.58. The van der Waals surface area contributed by atoms with Crippen molar-refractivity contribution in [2.75, 3.05) is 0 Å². The number of phenols is 1. The molecule has 94 valence electrons. The molecule has 0 saturated carbocycles. The van der Waals surface area contributed by atoms with Gasteiger partial charge in [-0.05, 0) is 19.1 Å². The molecule has 0 saturated heterocycles. The Morgan fingerprint density at radius 1 is 1.56 bits per heavy atom. The molecule has 18 heavy (non-hydrogen) atoms. The number of nitrogens with zero attached hydrogens (tertiary/aromatic N) is 1. The third kappa shape index (κ3) is 2.65. The predicted molar refractivity (Wildman–Crippen MR) is 66.1 cm³/mol. The molecular formula is C12H11FN2O2S. The quantitative estimate of drug-likeness (QED) is 0.897. The van der Waals surface area contributed by atoms with Gasteiger partial charge in [-0.1, -0.05) is 0 Å². The van der Waals surface area contributed by atoms with Gasteiger partial charge >= 0.3 is 0 Å². The summed E-state index contributed by atoms with van der Waals surface area (Å²) in [6.07, 6.45) is 1.64. The van der Waals surface area contributed by atoms with E-state index in [4.69, 9.17) is 5.11 Å². The van der Waals surface area contributed by atoms with Crippen molar-refractivity contribution >= 4 is 17.2 Å². The normalized spacial score (nSPS) is 12.1. The van der Waals surface area contributed by atoms with Crippen LogP contribution in [0.2, 0.25) is 0 Å². The van der Waals surface area contributed by atoms with Gasteiger partial charge in [-0.2, -0.15) is 0 Å². The standard InChI is InChI=1S/C12H11FN2O2S/c1-7(12-14-4-5-18-12)15-11(17)9-3-2-8(16)6-10(9)13/h2-7,16H,1H3,(H,15,17). The summed E-state index contributed by atoms with van der Waals surface area (Å²) in [6, 6.07) is 3.13. The number of aromatic nitrogens is 1. The summed E-state index contributed by atoms with van der Waals surface area (Å²) in [5, 5.41) is 14.3. The molecule has 0 spiro atoms. The van der Waals surface area contributed by atoms with Crippen LogP contribution < -0.4 is 5.32 Å². The first kappa shape index (κ1) is 12.5. The molecule has 2 aromatic rings. The number of thiazole rings is 1. The molecule has 1 heterocycles. The molecule has 1 unspecified atom stereocenters. The van der Waals surface area contributed by atoms with E-state index in [0.29, 0.717) is 0 Å².